The van der Waals surface area contributed by atoms with Gasteiger partial charge < -0.3 is 10.6 Å². The van der Waals surface area contributed by atoms with Crippen LogP contribution in [0.1, 0.15) is 20.3 Å². The lowest BCUT2D eigenvalue weighted by Gasteiger charge is -2.19. The van der Waals surface area contributed by atoms with Gasteiger partial charge in [0.2, 0.25) is 5.91 Å². The number of carbonyl (C=O) groups is 1. The van der Waals surface area contributed by atoms with Gasteiger partial charge in [0.25, 0.3) is 0 Å². The molecule has 1 aliphatic rings. The third-order valence-corrected chi connectivity index (χ3v) is 2.02. The highest BCUT2D eigenvalue weighted by molar-refractivity contribution is 5.78. The van der Waals surface area contributed by atoms with Crippen LogP contribution in [0, 0.1) is 0 Å². The molecule has 0 saturated carbocycles. The van der Waals surface area contributed by atoms with Crippen LogP contribution in [-0.2, 0) is 4.79 Å². The van der Waals surface area contributed by atoms with Crippen LogP contribution in [0.25, 0.3) is 0 Å². The molecule has 0 aromatic heterocycles. The standard InChI is InChI=1S/C9H16N2O/c1-7-4-9(2,10)5-8(12)11(3)6-7/h4H,5-6,10H2,1-3H3. The van der Waals surface area contributed by atoms with E-state index >= 15 is 0 Å². The second-order valence-corrected chi connectivity index (χ2v) is 3.92. The molecule has 12 heavy (non-hydrogen) atoms. The predicted molar refractivity (Wildman–Crippen MR) is 48.6 cm³/mol. The van der Waals surface area contributed by atoms with Gasteiger partial charge in [0.15, 0.2) is 0 Å². The maximum absolute atomic E-state index is 11.4. The topological polar surface area (TPSA) is 46.3 Å². The summed E-state index contributed by atoms with van der Waals surface area (Å²) in [6.07, 6.45) is 2.38. The smallest absolute Gasteiger partial charge is 0.224 e. The van der Waals surface area contributed by atoms with Crippen LogP contribution in [0.2, 0.25) is 0 Å². The SMILES string of the molecule is CC1=CC(C)(N)CC(=O)N(C)C1. The quantitative estimate of drug-likeness (QED) is 0.536. The molecule has 0 bridgehead atoms. The van der Waals surface area contributed by atoms with Gasteiger partial charge in [-0.3, -0.25) is 4.79 Å². The van der Waals surface area contributed by atoms with Crippen LogP contribution in [0.3, 0.4) is 0 Å². The number of hydrogen-bond donors (Lipinski definition) is 1. The van der Waals surface area contributed by atoms with E-state index in [0.717, 1.165) is 5.57 Å². The van der Waals surface area contributed by atoms with E-state index in [-0.39, 0.29) is 5.91 Å². The molecule has 0 saturated heterocycles. The van der Waals surface area contributed by atoms with E-state index in [9.17, 15) is 4.79 Å². The predicted octanol–water partition coefficient (Wildman–Crippen LogP) is 0.512. The lowest BCUT2D eigenvalue weighted by molar-refractivity contribution is -0.129. The first kappa shape index (κ1) is 9.26. The normalized spacial score (nSPS) is 31.5. The van der Waals surface area contributed by atoms with Gasteiger partial charge in [0.1, 0.15) is 0 Å². The maximum Gasteiger partial charge on any atom is 0.224 e. The molecule has 0 aliphatic carbocycles. The highest BCUT2D eigenvalue weighted by atomic mass is 16.2. The highest BCUT2D eigenvalue weighted by Crippen LogP contribution is 2.16. The Morgan fingerprint density at radius 1 is 1.67 bits per heavy atom. The van der Waals surface area contributed by atoms with Crippen LogP contribution >= 0.6 is 0 Å². The zero-order valence-corrected chi connectivity index (χ0v) is 7.92. The Labute approximate surface area is 73.2 Å². The molecule has 68 valence electrons. The minimum Gasteiger partial charge on any atom is -0.342 e. The number of likely N-dealkylation sites (N-methyl/N-ethyl adjacent to an activating group) is 1. The third kappa shape index (κ3) is 2.08. The zero-order valence-electron chi connectivity index (χ0n) is 7.92. The molecule has 1 amide bonds. The first-order valence-corrected chi connectivity index (χ1v) is 4.12. The van der Waals surface area contributed by atoms with Crippen molar-refractivity contribution < 1.29 is 4.79 Å². The molecular weight excluding hydrogens is 152 g/mol. The van der Waals surface area contributed by atoms with Gasteiger partial charge in [-0.1, -0.05) is 11.6 Å². The lowest BCUT2D eigenvalue weighted by Crippen LogP contribution is -2.38. The van der Waals surface area contributed by atoms with E-state index < -0.39 is 5.54 Å². The van der Waals surface area contributed by atoms with Crippen molar-refractivity contribution in [1.29, 1.82) is 0 Å². The molecule has 3 nitrogen and oxygen atoms in total. The summed E-state index contributed by atoms with van der Waals surface area (Å²) in [7, 11) is 1.81. The first-order valence-electron chi connectivity index (χ1n) is 4.12. The molecule has 0 radical (unpaired) electrons. The first-order chi connectivity index (χ1) is 5.41. The zero-order chi connectivity index (χ0) is 9.35. The number of nitrogens with zero attached hydrogens (tertiary/aromatic N) is 1. The molecule has 2 N–H and O–H groups in total. The molecule has 1 aliphatic heterocycles. The summed E-state index contributed by atoms with van der Waals surface area (Å²) in [6.45, 7) is 4.58. The monoisotopic (exact) mass is 168 g/mol. The molecular formula is C9H16N2O. The second kappa shape index (κ2) is 2.90. The molecule has 1 unspecified atom stereocenters. The van der Waals surface area contributed by atoms with E-state index in [1.807, 2.05) is 19.9 Å². The molecule has 0 spiro atoms. The molecule has 3 heteroatoms. The fourth-order valence-electron chi connectivity index (χ4n) is 1.58. The maximum atomic E-state index is 11.4. The summed E-state index contributed by atoms with van der Waals surface area (Å²) in [5, 5.41) is 0. The van der Waals surface area contributed by atoms with Crippen molar-refractivity contribution in [2.45, 2.75) is 25.8 Å². The number of amides is 1. The Kier molecular flexibility index (Phi) is 2.24. The highest BCUT2D eigenvalue weighted by Gasteiger charge is 2.25. The van der Waals surface area contributed by atoms with Crippen LogP contribution in [0.5, 0.6) is 0 Å². The van der Waals surface area contributed by atoms with E-state index in [1.54, 1.807) is 11.9 Å². The summed E-state index contributed by atoms with van der Waals surface area (Å²) >= 11 is 0. The summed E-state index contributed by atoms with van der Waals surface area (Å²) < 4.78 is 0. The molecule has 1 rings (SSSR count). The third-order valence-electron chi connectivity index (χ3n) is 2.02. The van der Waals surface area contributed by atoms with Crippen LogP contribution in [0.4, 0.5) is 0 Å². The van der Waals surface area contributed by atoms with Crippen LogP contribution in [-0.4, -0.2) is 29.9 Å². The Morgan fingerprint density at radius 2 is 2.25 bits per heavy atom. The summed E-state index contributed by atoms with van der Waals surface area (Å²) in [4.78, 5) is 13.1. The molecule has 0 aromatic carbocycles. The number of hydrogen-bond acceptors (Lipinski definition) is 2. The van der Waals surface area contributed by atoms with Crippen molar-refractivity contribution in [3.63, 3.8) is 0 Å². The second-order valence-electron chi connectivity index (χ2n) is 3.92. The van der Waals surface area contributed by atoms with Gasteiger partial charge in [0, 0.05) is 25.6 Å². The molecule has 1 heterocycles. The lowest BCUT2D eigenvalue weighted by atomic mass is 9.97. The van der Waals surface area contributed by atoms with Crippen LogP contribution in [0.15, 0.2) is 11.6 Å². The number of nitrogens with two attached hydrogens (primary N) is 1. The molecule has 0 aromatic rings. The van der Waals surface area contributed by atoms with Gasteiger partial charge in [-0.15, -0.1) is 0 Å². The summed E-state index contributed by atoms with van der Waals surface area (Å²) in [5.74, 6) is 0.119. The summed E-state index contributed by atoms with van der Waals surface area (Å²) in [5.41, 5.74) is 6.59. The largest absolute Gasteiger partial charge is 0.342 e. The molecule has 1 atom stereocenters. The summed E-state index contributed by atoms with van der Waals surface area (Å²) in [6, 6.07) is 0. The van der Waals surface area contributed by atoms with Crippen molar-refractivity contribution >= 4 is 5.91 Å². The van der Waals surface area contributed by atoms with E-state index in [0.29, 0.717) is 13.0 Å². The number of rotatable bonds is 0. The fourth-order valence-corrected chi connectivity index (χ4v) is 1.58. The van der Waals surface area contributed by atoms with Crippen LogP contribution < -0.4 is 5.73 Å². The average molecular weight is 168 g/mol. The van der Waals surface area contributed by atoms with Crippen molar-refractivity contribution in [2.75, 3.05) is 13.6 Å². The van der Waals surface area contributed by atoms with Gasteiger partial charge in [-0.25, -0.2) is 0 Å². The fraction of sp³-hybridized carbons (Fsp3) is 0.667. The van der Waals surface area contributed by atoms with Crippen molar-refractivity contribution in [2.24, 2.45) is 5.73 Å². The van der Waals surface area contributed by atoms with Gasteiger partial charge in [-0.2, -0.15) is 0 Å². The minimum atomic E-state index is -0.466. The minimum absolute atomic E-state index is 0.119. The van der Waals surface area contributed by atoms with E-state index in [1.165, 1.54) is 0 Å². The Morgan fingerprint density at radius 3 is 2.83 bits per heavy atom. The van der Waals surface area contributed by atoms with Gasteiger partial charge in [0.05, 0.1) is 0 Å². The van der Waals surface area contributed by atoms with Crippen molar-refractivity contribution in [1.82, 2.24) is 4.90 Å². The van der Waals surface area contributed by atoms with Gasteiger partial charge in [-0.05, 0) is 13.8 Å². The van der Waals surface area contributed by atoms with Crippen molar-refractivity contribution in [3.8, 4) is 0 Å². The Balaban J connectivity index is 2.88. The molecule has 0 fully saturated rings. The van der Waals surface area contributed by atoms with E-state index in [4.69, 9.17) is 5.73 Å². The average Bonchev–Trinajstić information content (AvgIpc) is 1.89. The number of carbonyl (C=O) groups excluding carboxylic acids is 1. The van der Waals surface area contributed by atoms with Gasteiger partial charge >= 0.3 is 0 Å². The van der Waals surface area contributed by atoms with Crippen molar-refractivity contribution in [3.05, 3.63) is 11.6 Å². The Bertz CT molecular complexity index is 231. The van der Waals surface area contributed by atoms with E-state index in [2.05, 4.69) is 0 Å². The Hall–Kier alpha value is -0.830.